The number of ether oxygens (including phenoxy) is 3. The van der Waals surface area contributed by atoms with Crippen molar-refractivity contribution in [3.05, 3.63) is 59.2 Å². The largest absolute Gasteiger partial charge is 0.497 e. The third-order valence-electron chi connectivity index (χ3n) is 3.93. The summed E-state index contributed by atoms with van der Waals surface area (Å²) in [6, 6.07) is 10.9. The van der Waals surface area contributed by atoms with Crippen molar-refractivity contribution in [2.24, 2.45) is 0 Å². The van der Waals surface area contributed by atoms with E-state index in [2.05, 4.69) is 6.92 Å². The van der Waals surface area contributed by atoms with Crippen molar-refractivity contribution in [2.45, 2.75) is 19.8 Å². The third-order valence-corrected chi connectivity index (χ3v) is 3.93. The van der Waals surface area contributed by atoms with Gasteiger partial charge in [-0.1, -0.05) is 19.4 Å². The SMILES string of the molecule is CCCc1c(OC)cc(/C=C/C(=O)c2ccc(OC)cc2)cc1OC. The monoisotopic (exact) mass is 340 g/mol. The zero-order chi connectivity index (χ0) is 18.2. The summed E-state index contributed by atoms with van der Waals surface area (Å²) in [5, 5.41) is 0. The molecule has 25 heavy (non-hydrogen) atoms. The van der Waals surface area contributed by atoms with Crippen LogP contribution in [-0.2, 0) is 6.42 Å². The quantitative estimate of drug-likeness (QED) is 0.522. The molecule has 4 heteroatoms. The van der Waals surface area contributed by atoms with Gasteiger partial charge in [0.2, 0.25) is 0 Å². The number of rotatable bonds is 8. The van der Waals surface area contributed by atoms with Gasteiger partial charge in [0.05, 0.1) is 21.3 Å². The molecule has 0 bridgehead atoms. The molecule has 132 valence electrons. The Labute approximate surface area is 149 Å². The predicted octanol–water partition coefficient (Wildman–Crippen LogP) is 4.56. The second-order valence-electron chi connectivity index (χ2n) is 5.58. The molecular formula is C21H24O4. The number of hydrogen-bond acceptors (Lipinski definition) is 4. The molecule has 0 saturated carbocycles. The average Bonchev–Trinajstić information content (AvgIpc) is 2.66. The zero-order valence-electron chi connectivity index (χ0n) is 15.2. The third kappa shape index (κ3) is 4.63. The maximum absolute atomic E-state index is 12.3. The van der Waals surface area contributed by atoms with Crippen LogP contribution >= 0.6 is 0 Å². The van der Waals surface area contributed by atoms with Crippen LogP contribution in [-0.4, -0.2) is 27.1 Å². The van der Waals surface area contributed by atoms with E-state index in [0.717, 1.165) is 41.2 Å². The Hall–Kier alpha value is -2.75. The standard InChI is InChI=1S/C21H24O4/c1-5-6-18-20(24-3)13-15(14-21(18)25-4)7-12-19(22)16-8-10-17(23-2)11-9-16/h7-14H,5-6H2,1-4H3/b12-7+. The first-order valence-electron chi connectivity index (χ1n) is 8.24. The van der Waals surface area contributed by atoms with Crippen LogP contribution in [0.1, 0.15) is 34.8 Å². The first-order valence-corrected chi connectivity index (χ1v) is 8.24. The van der Waals surface area contributed by atoms with Crippen molar-refractivity contribution in [2.75, 3.05) is 21.3 Å². The Balaban J connectivity index is 2.25. The molecule has 2 aromatic rings. The number of carbonyl (C=O) groups is 1. The van der Waals surface area contributed by atoms with Gasteiger partial charge in [0.15, 0.2) is 5.78 Å². The summed E-state index contributed by atoms with van der Waals surface area (Å²) in [4.78, 5) is 12.3. The Morgan fingerprint density at radius 3 is 2.04 bits per heavy atom. The molecule has 0 N–H and O–H groups in total. The summed E-state index contributed by atoms with van der Waals surface area (Å²) >= 11 is 0. The van der Waals surface area contributed by atoms with Crippen LogP contribution in [0.4, 0.5) is 0 Å². The fraction of sp³-hybridized carbons (Fsp3) is 0.286. The van der Waals surface area contributed by atoms with Gasteiger partial charge in [-0.15, -0.1) is 0 Å². The fourth-order valence-corrected chi connectivity index (χ4v) is 2.62. The molecule has 0 aliphatic carbocycles. The first kappa shape index (κ1) is 18.6. The summed E-state index contributed by atoms with van der Waals surface area (Å²) in [6.07, 6.45) is 5.20. The number of carbonyl (C=O) groups excluding carboxylic acids is 1. The highest BCUT2D eigenvalue weighted by Crippen LogP contribution is 2.32. The molecular weight excluding hydrogens is 316 g/mol. The van der Waals surface area contributed by atoms with Crippen molar-refractivity contribution >= 4 is 11.9 Å². The lowest BCUT2D eigenvalue weighted by molar-refractivity contribution is 0.104. The Morgan fingerprint density at radius 2 is 1.56 bits per heavy atom. The number of ketones is 1. The van der Waals surface area contributed by atoms with E-state index in [1.807, 2.05) is 12.1 Å². The second kappa shape index (κ2) is 8.92. The van der Waals surface area contributed by atoms with E-state index in [1.165, 1.54) is 0 Å². The summed E-state index contributed by atoms with van der Waals surface area (Å²) in [5.41, 5.74) is 2.51. The smallest absolute Gasteiger partial charge is 0.185 e. The molecule has 0 unspecified atom stereocenters. The van der Waals surface area contributed by atoms with Crippen LogP contribution in [0, 0.1) is 0 Å². The highest BCUT2D eigenvalue weighted by molar-refractivity contribution is 6.06. The normalized spacial score (nSPS) is 10.7. The highest BCUT2D eigenvalue weighted by atomic mass is 16.5. The van der Waals surface area contributed by atoms with Crippen LogP contribution in [0.2, 0.25) is 0 Å². The molecule has 0 fully saturated rings. The van der Waals surface area contributed by atoms with Gasteiger partial charge in [0.25, 0.3) is 0 Å². The molecule has 0 aliphatic heterocycles. The van der Waals surface area contributed by atoms with Crippen molar-refractivity contribution in [1.29, 1.82) is 0 Å². The van der Waals surface area contributed by atoms with Gasteiger partial charge in [-0.3, -0.25) is 4.79 Å². The molecule has 0 heterocycles. The molecule has 4 nitrogen and oxygen atoms in total. The molecule has 0 spiro atoms. The van der Waals surface area contributed by atoms with E-state index in [-0.39, 0.29) is 5.78 Å². The van der Waals surface area contributed by atoms with Gasteiger partial charge in [0, 0.05) is 11.1 Å². The van der Waals surface area contributed by atoms with Crippen molar-refractivity contribution in [1.82, 2.24) is 0 Å². The Kier molecular flexibility index (Phi) is 6.63. The summed E-state index contributed by atoms with van der Waals surface area (Å²) in [7, 11) is 4.88. The summed E-state index contributed by atoms with van der Waals surface area (Å²) in [6.45, 7) is 2.11. The zero-order valence-corrected chi connectivity index (χ0v) is 15.2. The number of hydrogen-bond donors (Lipinski definition) is 0. The van der Waals surface area contributed by atoms with E-state index in [0.29, 0.717) is 5.56 Å². The maximum atomic E-state index is 12.3. The van der Waals surface area contributed by atoms with E-state index >= 15 is 0 Å². The highest BCUT2D eigenvalue weighted by Gasteiger charge is 2.11. The van der Waals surface area contributed by atoms with Crippen molar-refractivity contribution in [3.8, 4) is 17.2 Å². The Morgan fingerprint density at radius 1 is 0.960 bits per heavy atom. The molecule has 0 saturated heterocycles. The van der Waals surface area contributed by atoms with Gasteiger partial charge in [0.1, 0.15) is 17.2 Å². The number of allylic oxidation sites excluding steroid dienone is 1. The summed E-state index contributed by atoms with van der Waals surface area (Å²) in [5.74, 6) is 2.20. The maximum Gasteiger partial charge on any atom is 0.185 e. The van der Waals surface area contributed by atoms with Gasteiger partial charge >= 0.3 is 0 Å². The molecule has 2 aromatic carbocycles. The van der Waals surface area contributed by atoms with Gasteiger partial charge < -0.3 is 14.2 Å². The van der Waals surface area contributed by atoms with E-state index in [4.69, 9.17) is 14.2 Å². The number of benzene rings is 2. The van der Waals surface area contributed by atoms with Crippen molar-refractivity contribution < 1.29 is 19.0 Å². The second-order valence-corrected chi connectivity index (χ2v) is 5.58. The lowest BCUT2D eigenvalue weighted by Gasteiger charge is -2.13. The van der Waals surface area contributed by atoms with Gasteiger partial charge in [-0.05, 0) is 54.5 Å². The van der Waals surface area contributed by atoms with Gasteiger partial charge in [-0.25, -0.2) is 0 Å². The van der Waals surface area contributed by atoms with Crippen LogP contribution in [0.5, 0.6) is 17.2 Å². The molecule has 0 aliphatic rings. The average molecular weight is 340 g/mol. The van der Waals surface area contributed by atoms with Crippen LogP contribution in [0.25, 0.3) is 6.08 Å². The minimum atomic E-state index is -0.0711. The number of methoxy groups -OCH3 is 3. The molecule has 0 atom stereocenters. The van der Waals surface area contributed by atoms with Crippen LogP contribution < -0.4 is 14.2 Å². The molecule has 0 aromatic heterocycles. The van der Waals surface area contributed by atoms with E-state index < -0.39 is 0 Å². The summed E-state index contributed by atoms with van der Waals surface area (Å²) < 4.78 is 16.1. The Bertz CT molecular complexity index is 720. The van der Waals surface area contributed by atoms with Gasteiger partial charge in [-0.2, -0.15) is 0 Å². The van der Waals surface area contributed by atoms with Crippen molar-refractivity contribution in [3.63, 3.8) is 0 Å². The lowest BCUT2D eigenvalue weighted by Crippen LogP contribution is -1.98. The van der Waals surface area contributed by atoms with E-state index in [9.17, 15) is 4.79 Å². The minimum Gasteiger partial charge on any atom is -0.497 e. The molecule has 0 amide bonds. The first-order chi connectivity index (χ1) is 12.1. The van der Waals surface area contributed by atoms with E-state index in [1.54, 1.807) is 57.7 Å². The lowest BCUT2D eigenvalue weighted by atomic mass is 10.0. The van der Waals surface area contributed by atoms with Crippen LogP contribution in [0.15, 0.2) is 42.5 Å². The van der Waals surface area contributed by atoms with Crippen LogP contribution in [0.3, 0.4) is 0 Å². The topological polar surface area (TPSA) is 44.8 Å². The minimum absolute atomic E-state index is 0.0711. The fourth-order valence-electron chi connectivity index (χ4n) is 2.62. The molecule has 2 rings (SSSR count). The predicted molar refractivity (Wildman–Crippen MR) is 99.9 cm³/mol. The molecule has 0 radical (unpaired) electrons.